The molecule has 0 saturated heterocycles. The summed E-state index contributed by atoms with van der Waals surface area (Å²) in [7, 11) is 0. The number of alkyl halides is 1. The molecule has 0 bridgehead atoms. The number of fused-ring (bicyclic) bond motifs is 1. The summed E-state index contributed by atoms with van der Waals surface area (Å²) >= 11 is 12.0. The highest BCUT2D eigenvalue weighted by atomic mass is 79.9. The first-order valence-corrected chi connectivity index (χ1v) is 9.48. The van der Waals surface area contributed by atoms with Crippen molar-refractivity contribution in [2.45, 2.75) is 17.7 Å². The van der Waals surface area contributed by atoms with Crippen LogP contribution in [0.4, 0.5) is 10.1 Å². The van der Waals surface area contributed by atoms with Crippen molar-refractivity contribution in [1.82, 2.24) is 0 Å². The third-order valence-corrected chi connectivity index (χ3v) is 7.92. The highest BCUT2D eigenvalue weighted by Gasteiger charge is 2.23. The van der Waals surface area contributed by atoms with Crippen LogP contribution in [0.15, 0.2) is 26.5 Å². The van der Waals surface area contributed by atoms with Crippen molar-refractivity contribution in [2.24, 2.45) is 0 Å². The molecular weight excluding hydrogens is 489 g/mol. The predicted molar refractivity (Wildman–Crippen MR) is 93.8 cm³/mol. The van der Waals surface area contributed by atoms with E-state index in [2.05, 4.69) is 53.1 Å². The molecule has 21 heavy (non-hydrogen) atoms. The van der Waals surface area contributed by atoms with Crippen molar-refractivity contribution in [1.29, 1.82) is 0 Å². The monoisotopic (exact) mass is 495 g/mol. The Morgan fingerprint density at radius 2 is 2.00 bits per heavy atom. The van der Waals surface area contributed by atoms with Crippen molar-refractivity contribution >= 4 is 70.7 Å². The van der Waals surface area contributed by atoms with Gasteiger partial charge in [0.1, 0.15) is 5.82 Å². The number of amides is 1. The van der Waals surface area contributed by atoms with Crippen LogP contribution in [-0.4, -0.2) is 5.91 Å². The predicted octanol–water partition coefficient (Wildman–Crippen LogP) is 5.78. The molecule has 7 heteroatoms. The van der Waals surface area contributed by atoms with Gasteiger partial charge >= 0.3 is 0 Å². The lowest BCUT2D eigenvalue weighted by Gasteiger charge is -2.19. The van der Waals surface area contributed by atoms with Crippen LogP contribution in [0.2, 0.25) is 0 Å². The van der Waals surface area contributed by atoms with Gasteiger partial charge in [0.15, 0.2) is 0 Å². The second-order valence-corrected chi connectivity index (χ2v) is 8.88. The fraction of sp³-hybridized carbons (Fsp3) is 0.214. The number of benzene rings is 1. The van der Waals surface area contributed by atoms with Crippen LogP contribution in [0, 0.1) is 5.82 Å². The molecule has 2 nitrogen and oxygen atoms in total. The highest BCUT2D eigenvalue weighted by molar-refractivity contribution is 9.13. The summed E-state index contributed by atoms with van der Waals surface area (Å²) in [6.07, 6.45) is 1.09. The molecule has 110 valence electrons. The van der Waals surface area contributed by atoms with Gasteiger partial charge in [-0.05, 0) is 62.0 Å². The fourth-order valence-electron chi connectivity index (χ4n) is 2.26. The van der Waals surface area contributed by atoms with Gasteiger partial charge in [0.25, 0.3) is 0 Å². The maximum atomic E-state index is 14.3. The van der Waals surface area contributed by atoms with Crippen LogP contribution in [0.5, 0.6) is 0 Å². The minimum atomic E-state index is -0.321. The van der Waals surface area contributed by atoms with E-state index >= 15 is 0 Å². The Morgan fingerprint density at radius 1 is 1.24 bits per heavy atom. The lowest BCUT2D eigenvalue weighted by atomic mass is 9.98. The Morgan fingerprint density at radius 3 is 2.67 bits per heavy atom. The minimum Gasteiger partial charge on any atom is -0.326 e. The molecule has 1 unspecified atom stereocenters. The molecule has 0 spiro atoms. The molecular formula is C14H9Br3FNOS. The molecule has 0 radical (unpaired) electrons. The molecule has 0 aliphatic carbocycles. The first-order valence-electron chi connectivity index (χ1n) is 6.16. The van der Waals surface area contributed by atoms with Gasteiger partial charge < -0.3 is 5.32 Å². The minimum absolute atomic E-state index is 0.0591. The van der Waals surface area contributed by atoms with E-state index in [-0.39, 0.29) is 16.6 Å². The number of carbonyl (C=O) groups is 1. The molecule has 0 saturated carbocycles. The quantitative estimate of drug-likeness (QED) is 0.523. The van der Waals surface area contributed by atoms with E-state index in [1.165, 1.54) is 6.07 Å². The average molecular weight is 498 g/mol. The third kappa shape index (κ3) is 3.11. The molecule has 0 fully saturated rings. The maximum Gasteiger partial charge on any atom is 0.224 e. The summed E-state index contributed by atoms with van der Waals surface area (Å²) in [5, 5.41) is 2.71. The number of thiophene rings is 1. The summed E-state index contributed by atoms with van der Waals surface area (Å²) < 4.78 is 16.3. The smallest absolute Gasteiger partial charge is 0.224 e. The van der Waals surface area contributed by atoms with Gasteiger partial charge in [-0.2, -0.15) is 0 Å². The van der Waals surface area contributed by atoms with Crippen molar-refractivity contribution in [3.8, 4) is 0 Å². The summed E-state index contributed by atoms with van der Waals surface area (Å²) in [6, 6.07) is 5.22. The van der Waals surface area contributed by atoms with E-state index in [4.69, 9.17) is 0 Å². The molecule has 1 aliphatic heterocycles. The normalized spacial score (nSPS) is 15.5. The summed E-state index contributed by atoms with van der Waals surface area (Å²) in [6.45, 7) is 0. The maximum absolute atomic E-state index is 14.3. The first-order chi connectivity index (χ1) is 9.95. The number of hydrogen-bond donors (Lipinski definition) is 1. The summed E-state index contributed by atoms with van der Waals surface area (Å²) in [4.78, 5) is 12.2. The molecule has 1 aromatic heterocycles. The van der Waals surface area contributed by atoms with Crippen molar-refractivity contribution in [2.75, 3.05) is 5.32 Å². The van der Waals surface area contributed by atoms with E-state index < -0.39 is 0 Å². The SMILES string of the molecule is O=C1CCc2cc(C(Br)c3cc(Br)c(Br)s3)c(F)cc2N1. The first kappa shape index (κ1) is 15.6. The Balaban J connectivity index is 2.00. The van der Waals surface area contributed by atoms with Gasteiger partial charge in [0, 0.05) is 27.0 Å². The zero-order valence-corrected chi connectivity index (χ0v) is 16.1. The highest BCUT2D eigenvalue weighted by Crippen LogP contribution is 2.43. The second kappa shape index (κ2) is 6.10. The van der Waals surface area contributed by atoms with E-state index in [9.17, 15) is 9.18 Å². The van der Waals surface area contributed by atoms with E-state index in [1.54, 1.807) is 11.3 Å². The van der Waals surface area contributed by atoms with Gasteiger partial charge in [-0.25, -0.2) is 4.39 Å². The van der Waals surface area contributed by atoms with E-state index in [0.29, 0.717) is 24.1 Å². The van der Waals surface area contributed by atoms with Crippen LogP contribution < -0.4 is 5.32 Å². The second-order valence-electron chi connectivity index (χ2n) is 4.71. The Bertz CT molecular complexity index is 712. The lowest BCUT2D eigenvalue weighted by Crippen LogP contribution is -2.19. The number of carbonyl (C=O) groups excluding carboxylic acids is 1. The number of hydrogen-bond acceptors (Lipinski definition) is 2. The molecule has 1 atom stereocenters. The molecule has 1 N–H and O–H groups in total. The Kier molecular flexibility index (Phi) is 4.55. The number of anilines is 1. The molecule has 2 aromatic rings. The van der Waals surface area contributed by atoms with Crippen LogP contribution in [-0.2, 0) is 11.2 Å². The van der Waals surface area contributed by atoms with Crippen molar-refractivity contribution < 1.29 is 9.18 Å². The number of halogens is 4. The topological polar surface area (TPSA) is 29.1 Å². The van der Waals surface area contributed by atoms with Gasteiger partial charge in [0.2, 0.25) is 5.91 Å². The Hall–Kier alpha value is -0.240. The van der Waals surface area contributed by atoms with E-state index in [1.807, 2.05) is 12.1 Å². The van der Waals surface area contributed by atoms with Gasteiger partial charge in [-0.1, -0.05) is 15.9 Å². The van der Waals surface area contributed by atoms with Crippen molar-refractivity contribution in [3.63, 3.8) is 0 Å². The summed E-state index contributed by atoms with van der Waals surface area (Å²) in [5.74, 6) is -0.380. The fourth-order valence-corrected chi connectivity index (χ4v) is 5.11. The lowest BCUT2D eigenvalue weighted by molar-refractivity contribution is -0.116. The Labute approximate surface area is 150 Å². The molecule has 1 aliphatic rings. The van der Waals surface area contributed by atoms with Crippen LogP contribution in [0.25, 0.3) is 0 Å². The zero-order chi connectivity index (χ0) is 15.1. The van der Waals surface area contributed by atoms with Crippen molar-refractivity contribution in [3.05, 3.63) is 48.3 Å². The number of nitrogens with one attached hydrogen (secondary N) is 1. The standard InChI is InChI=1S/C14H9Br3FNOS/c15-8-4-11(21-14(8)17)13(16)7-3-6-1-2-12(20)19-10(6)5-9(7)18/h3-5,13H,1-2H2,(H,19,20). The number of aryl methyl sites for hydroxylation is 1. The van der Waals surface area contributed by atoms with Gasteiger partial charge in [0.05, 0.1) is 8.61 Å². The third-order valence-electron chi connectivity index (χ3n) is 3.31. The molecule has 3 rings (SSSR count). The molecule has 2 heterocycles. The van der Waals surface area contributed by atoms with Crippen LogP contribution in [0.1, 0.15) is 27.3 Å². The number of rotatable bonds is 2. The van der Waals surface area contributed by atoms with E-state index in [0.717, 1.165) is 18.7 Å². The zero-order valence-electron chi connectivity index (χ0n) is 10.6. The molecule has 1 amide bonds. The van der Waals surface area contributed by atoms with Gasteiger partial charge in [-0.3, -0.25) is 4.79 Å². The molecule has 1 aromatic carbocycles. The average Bonchev–Trinajstić information content (AvgIpc) is 2.77. The summed E-state index contributed by atoms with van der Waals surface area (Å²) in [5.41, 5.74) is 2.15. The van der Waals surface area contributed by atoms with Gasteiger partial charge in [-0.15, -0.1) is 11.3 Å². The largest absolute Gasteiger partial charge is 0.326 e. The van der Waals surface area contributed by atoms with Crippen LogP contribution in [0.3, 0.4) is 0 Å². The van der Waals surface area contributed by atoms with Crippen LogP contribution >= 0.6 is 59.1 Å².